The van der Waals surface area contributed by atoms with E-state index >= 15 is 0 Å². The Morgan fingerprint density at radius 1 is 0.543 bits per heavy atom. The highest BCUT2D eigenvalue weighted by atomic mass is 16.5. The number of imide groups is 1. The predicted molar refractivity (Wildman–Crippen MR) is 133 cm³/mol. The molecule has 3 aromatic carbocycles. The average molecular weight is 472 g/mol. The van der Waals surface area contributed by atoms with Crippen molar-refractivity contribution in [3.8, 4) is 0 Å². The van der Waals surface area contributed by atoms with Crippen LogP contribution < -0.4 is 0 Å². The van der Waals surface area contributed by atoms with Crippen molar-refractivity contribution >= 4 is 11.8 Å². The molecule has 0 saturated carbocycles. The molecular formula is C29H29NO5. The largest absolute Gasteiger partial charge is 0.377 e. The zero-order chi connectivity index (χ0) is 24.3. The molecule has 0 atom stereocenters. The number of carbonyl (C=O) groups is 2. The maximum absolute atomic E-state index is 11.5. The van der Waals surface area contributed by atoms with Crippen LogP contribution in [0.4, 0.5) is 0 Å². The SMILES string of the molecule is O=C1C=CC(=O)N1CCOCCOCCOC(c1ccccc1)(c1ccccc1)c1ccccc1. The Labute approximate surface area is 205 Å². The maximum Gasteiger partial charge on any atom is 0.253 e. The molecule has 0 bridgehead atoms. The molecule has 0 saturated heterocycles. The van der Waals surface area contributed by atoms with Gasteiger partial charge in [0.25, 0.3) is 11.8 Å². The van der Waals surface area contributed by atoms with E-state index in [1.54, 1.807) is 0 Å². The van der Waals surface area contributed by atoms with E-state index in [-0.39, 0.29) is 25.0 Å². The second-order valence-electron chi connectivity index (χ2n) is 8.01. The van der Waals surface area contributed by atoms with E-state index in [0.29, 0.717) is 26.4 Å². The predicted octanol–water partition coefficient (Wildman–Crippen LogP) is 3.95. The van der Waals surface area contributed by atoms with Crippen LogP contribution in [0.5, 0.6) is 0 Å². The van der Waals surface area contributed by atoms with Crippen LogP contribution in [0.25, 0.3) is 0 Å². The molecule has 35 heavy (non-hydrogen) atoms. The Bertz CT molecular complexity index is 1000. The molecule has 0 aliphatic carbocycles. The third kappa shape index (κ3) is 5.92. The van der Waals surface area contributed by atoms with Crippen LogP contribution in [0.1, 0.15) is 16.7 Å². The number of hydrogen-bond donors (Lipinski definition) is 0. The molecule has 0 spiro atoms. The first-order valence-corrected chi connectivity index (χ1v) is 11.7. The molecule has 2 amide bonds. The van der Waals surface area contributed by atoms with Gasteiger partial charge in [-0.2, -0.15) is 0 Å². The standard InChI is InChI=1S/C29H29NO5/c31-27-16-17-28(32)30(27)18-19-33-20-21-34-22-23-35-29(24-10-4-1-5-11-24,25-12-6-2-7-13-25)26-14-8-3-9-15-26/h1-17H,18-23H2. The van der Waals surface area contributed by atoms with Gasteiger partial charge in [0, 0.05) is 12.2 Å². The summed E-state index contributed by atoms with van der Waals surface area (Å²) in [5.74, 6) is -0.600. The smallest absolute Gasteiger partial charge is 0.253 e. The lowest BCUT2D eigenvalue weighted by atomic mass is 9.80. The summed E-state index contributed by atoms with van der Waals surface area (Å²) in [5.41, 5.74) is 2.36. The third-order valence-corrected chi connectivity index (χ3v) is 5.82. The van der Waals surface area contributed by atoms with Gasteiger partial charge in [0.15, 0.2) is 0 Å². The first-order valence-electron chi connectivity index (χ1n) is 11.7. The minimum atomic E-state index is -0.771. The highest BCUT2D eigenvalue weighted by Gasteiger charge is 2.37. The van der Waals surface area contributed by atoms with Gasteiger partial charge < -0.3 is 14.2 Å². The van der Waals surface area contributed by atoms with Crippen LogP contribution in [-0.4, -0.2) is 56.3 Å². The lowest BCUT2D eigenvalue weighted by Crippen LogP contribution is -2.34. The van der Waals surface area contributed by atoms with Gasteiger partial charge in [-0.25, -0.2) is 0 Å². The molecule has 0 radical (unpaired) electrons. The first kappa shape index (κ1) is 24.5. The topological polar surface area (TPSA) is 65.1 Å². The summed E-state index contributed by atoms with van der Waals surface area (Å²) >= 11 is 0. The van der Waals surface area contributed by atoms with E-state index in [1.165, 1.54) is 12.2 Å². The Morgan fingerprint density at radius 2 is 0.943 bits per heavy atom. The Balaban J connectivity index is 1.34. The number of amides is 2. The monoisotopic (exact) mass is 471 g/mol. The van der Waals surface area contributed by atoms with Crippen LogP contribution in [-0.2, 0) is 29.4 Å². The molecule has 0 aromatic heterocycles. The molecule has 3 aromatic rings. The summed E-state index contributed by atoms with van der Waals surface area (Å²) in [6, 6.07) is 30.6. The molecule has 0 N–H and O–H groups in total. The minimum absolute atomic E-state index is 0.238. The molecular weight excluding hydrogens is 442 g/mol. The van der Waals surface area contributed by atoms with Crippen molar-refractivity contribution in [1.29, 1.82) is 0 Å². The highest BCUT2D eigenvalue weighted by Crippen LogP contribution is 2.40. The summed E-state index contributed by atoms with van der Waals surface area (Å²) in [4.78, 5) is 24.2. The molecule has 6 nitrogen and oxygen atoms in total. The first-order chi connectivity index (χ1) is 17.2. The number of benzene rings is 3. The number of carbonyl (C=O) groups excluding carboxylic acids is 2. The number of nitrogens with zero attached hydrogens (tertiary/aromatic N) is 1. The van der Waals surface area contributed by atoms with E-state index in [9.17, 15) is 9.59 Å². The average Bonchev–Trinajstić information content (AvgIpc) is 3.24. The number of hydrogen-bond acceptors (Lipinski definition) is 5. The maximum atomic E-state index is 11.5. The van der Waals surface area contributed by atoms with Gasteiger partial charge in [-0.05, 0) is 16.7 Å². The molecule has 1 aliphatic heterocycles. The molecule has 0 unspecified atom stereocenters. The van der Waals surface area contributed by atoms with Crippen molar-refractivity contribution in [2.24, 2.45) is 0 Å². The molecule has 4 rings (SSSR count). The zero-order valence-electron chi connectivity index (χ0n) is 19.5. The van der Waals surface area contributed by atoms with Crippen molar-refractivity contribution in [3.05, 3.63) is 120 Å². The van der Waals surface area contributed by atoms with Gasteiger partial charge in [-0.15, -0.1) is 0 Å². The van der Waals surface area contributed by atoms with Crippen molar-refractivity contribution in [3.63, 3.8) is 0 Å². The minimum Gasteiger partial charge on any atom is -0.377 e. The van der Waals surface area contributed by atoms with E-state index in [0.717, 1.165) is 21.6 Å². The van der Waals surface area contributed by atoms with Gasteiger partial charge in [0.05, 0.1) is 39.6 Å². The van der Waals surface area contributed by atoms with Gasteiger partial charge in [0.2, 0.25) is 0 Å². The second kappa shape index (κ2) is 12.2. The van der Waals surface area contributed by atoms with Gasteiger partial charge >= 0.3 is 0 Å². The van der Waals surface area contributed by atoms with Gasteiger partial charge in [0.1, 0.15) is 5.60 Å². The summed E-state index contributed by atoms with van der Waals surface area (Å²) in [5, 5.41) is 0. The molecule has 1 heterocycles. The fraction of sp³-hybridized carbons (Fsp3) is 0.241. The van der Waals surface area contributed by atoms with Crippen molar-refractivity contribution in [1.82, 2.24) is 4.90 Å². The van der Waals surface area contributed by atoms with E-state index in [4.69, 9.17) is 14.2 Å². The van der Waals surface area contributed by atoms with Crippen LogP contribution >= 0.6 is 0 Å². The second-order valence-corrected chi connectivity index (χ2v) is 8.01. The molecule has 6 heteroatoms. The lowest BCUT2D eigenvalue weighted by molar-refractivity contribution is -0.137. The zero-order valence-corrected chi connectivity index (χ0v) is 19.5. The normalized spacial score (nSPS) is 13.5. The van der Waals surface area contributed by atoms with Gasteiger partial charge in [-0.3, -0.25) is 14.5 Å². The van der Waals surface area contributed by atoms with Crippen molar-refractivity contribution < 1.29 is 23.8 Å². The van der Waals surface area contributed by atoms with Crippen LogP contribution in [0, 0.1) is 0 Å². The summed E-state index contributed by atoms with van der Waals surface area (Å²) in [6.07, 6.45) is 2.54. The number of rotatable bonds is 13. The quantitative estimate of drug-likeness (QED) is 0.215. The third-order valence-electron chi connectivity index (χ3n) is 5.82. The van der Waals surface area contributed by atoms with Gasteiger partial charge in [-0.1, -0.05) is 91.0 Å². The fourth-order valence-corrected chi connectivity index (χ4v) is 4.15. The Hall–Kier alpha value is -3.58. The van der Waals surface area contributed by atoms with Crippen LogP contribution in [0.15, 0.2) is 103 Å². The van der Waals surface area contributed by atoms with Crippen LogP contribution in [0.2, 0.25) is 0 Å². The summed E-state index contributed by atoms with van der Waals surface area (Å²) in [6.45, 7) is 2.04. The van der Waals surface area contributed by atoms with E-state index < -0.39 is 5.60 Å². The fourth-order valence-electron chi connectivity index (χ4n) is 4.15. The summed E-state index contributed by atoms with van der Waals surface area (Å²) < 4.78 is 17.9. The highest BCUT2D eigenvalue weighted by molar-refractivity contribution is 6.12. The molecule has 1 aliphatic rings. The van der Waals surface area contributed by atoms with Crippen molar-refractivity contribution in [2.45, 2.75) is 5.60 Å². The Morgan fingerprint density at radius 3 is 1.40 bits per heavy atom. The number of ether oxygens (including phenoxy) is 3. The Kier molecular flexibility index (Phi) is 8.57. The lowest BCUT2D eigenvalue weighted by Gasteiger charge is -2.36. The van der Waals surface area contributed by atoms with Crippen LogP contribution in [0.3, 0.4) is 0 Å². The molecule has 180 valence electrons. The van der Waals surface area contributed by atoms with E-state index in [2.05, 4.69) is 36.4 Å². The summed E-state index contributed by atoms with van der Waals surface area (Å²) in [7, 11) is 0. The molecule has 0 fully saturated rings. The van der Waals surface area contributed by atoms with E-state index in [1.807, 2.05) is 54.6 Å². The van der Waals surface area contributed by atoms with Crippen molar-refractivity contribution in [2.75, 3.05) is 39.6 Å².